The zero-order valence-corrected chi connectivity index (χ0v) is 15.4. The summed E-state index contributed by atoms with van der Waals surface area (Å²) in [5.41, 5.74) is 8.49. The van der Waals surface area contributed by atoms with E-state index in [9.17, 15) is 14.4 Å². The second-order valence-corrected chi connectivity index (χ2v) is 7.95. The highest BCUT2D eigenvalue weighted by atomic mass is 16.2. The number of nitrogens with two attached hydrogens (primary N) is 1. The molecule has 1 aromatic rings. The number of fused-ring (bicyclic) bond motifs is 1. The molecule has 0 bridgehead atoms. The molecule has 1 aliphatic carbocycles. The van der Waals surface area contributed by atoms with Gasteiger partial charge in [-0.2, -0.15) is 0 Å². The van der Waals surface area contributed by atoms with Crippen molar-refractivity contribution in [1.29, 1.82) is 0 Å². The van der Waals surface area contributed by atoms with E-state index in [4.69, 9.17) is 5.73 Å². The third kappa shape index (κ3) is 3.75. The first-order valence-corrected chi connectivity index (χ1v) is 9.74. The maximum atomic E-state index is 12.8. The number of nitrogens with one attached hydrogen (secondary N) is 2. The van der Waals surface area contributed by atoms with Crippen molar-refractivity contribution < 1.29 is 14.4 Å². The molecule has 0 aromatic heterocycles. The number of rotatable bonds is 6. The van der Waals surface area contributed by atoms with Gasteiger partial charge in [0.25, 0.3) is 5.91 Å². The van der Waals surface area contributed by atoms with Crippen LogP contribution in [0, 0.1) is 5.92 Å². The molecule has 4 rings (SSSR count). The van der Waals surface area contributed by atoms with Crippen molar-refractivity contribution >= 4 is 17.7 Å². The van der Waals surface area contributed by atoms with Gasteiger partial charge in [0.1, 0.15) is 6.04 Å². The van der Waals surface area contributed by atoms with Crippen molar-refractivity contribution in [1.82, 2.24) is 15.5 Å². The molecule has 2 heterocycles. The van der Waals surface area contributed by atoms with E-state index in [-0.39, 0.29) is 24.1 Å². The molecule has 1 atom stereocenters. The van der Waals surface area contributed by atoms with E-state index in [0.717, 1.165) is 49.4 Å². The standard InChI is InChI=1S/C20H26N4O3/c21-15-7-12(8-15)5-6-22-10-13-1-2-14-11-24(20(27)16(14)9-13)17-3-4-18(25)23-19(17)26/h1-2,9,12,15,17,22H,3-8,10-11,21H2,(H,23,25,26). The van der Waals surface area contributed by atoms with Gasteiger partial charge in [0.15, 0.2) is 0 Å². The Kier molecular flexibility index (Phi) is 4.97. The van der Waals surface area contributed by atoms with Crippen molar-refractivity contribution in [2.24, 2.45) is 11.7 Å². The van der Waals surface area contributed by atoms with Crippen LogP contribution in [0.5, 0.6) is 0 Å². The van der Waals surface area contributed by atoms with Crippen LogP contribution in [0.15, 0.2) is 18.2 Å². The van der Waals surface area contributed by atoms with E-state index in [1.165, 1.54) is 0 Å². The van der Waals surface area contributed by atoms with Crippen LogP contribution in [0.3, 0.4) is 0 Å². The summed E-state index contributed by atoms with van der Waals surface area (Å²) in [6, 6.07) is 5.77. The lowest BCUT2D eigenvalue weighted by atomic mass is 9.79. The smallest absolute Gasteiger partial charge is 0.255 e. The van der Waals surface area contributed by atoms with E-state index in [2.05, 4.69) is 10.6 Å². The summed E-state index contributed by atoms with van der Waals surface area (Å²) < 4.78 is 0. The van der Waals surface area contributed by atoms with Crippen LogP contribution < -0.4 is 16.4 Å². The summed E-state index contributed by atoms with van der Waals surface area (Å²) in [6.07, 6.45) is 4.07. The number of benzene rings is 1. The Hall–Kier alpha value is -2.25. The summed E-state index contributed by atoms with van der Waals surface area (Å²) in [7, 11) is 0. The summed E-state index contributed by atoms with van der Waals surface area (Å²) >= 11 is 0. The van der Waals surface area contributed by atoms with E-state index >= 15 is 0 Å². The van der Waals surface area contributed by atoms with E-state index < -0.39 is 6.04 Å². The normalized spacial score (nSPS) is 27.4. The molecular weight excluding hydrogens is 344 g/mol. The number of nitrogens with zero attached hydrogens (tertiary/aromatic N) is 1. The first-order valence-electron chi connectivity index (χ1n) is 9.74. The minimum atomic E-state index is -0.557. The first kappa shape index (κ1) is 18.1. The van der Waals surface area contributed by atoms with Crippen molar-refractivity contribution in [3.8, 4) is 0 Å². The summed E-state index contributed by atoms with van der Waals surface area (Å²) in [4.78, 5) is 37.8. The summed E-state index contributed by atoms with van der Waals surface area (Å²) in [5.74, 6) is -0.0105. The average molecular weight is 370 g/mol. The number of hydrogen-bond acceptors (Lipinski definition) is 5. The molecule has 4 N–H and O–H groups in total. The monoisotopic (exact) mass is 370 g/mol. The molecule has 2 aliphatic heterocycles. The van der Waals surface area contributed by atoms with Gasteiger partial charge in [-0.15, -0.1) is 0 Å². The Bertz CT molecular complexity index is 772. The molecule has 1 aromatic carbocycles. The topological polar surface area (TPSA) is 105 Å². The molecule has 1 saturated carbocycles. The molecule has 1 saturated heterocycles. The van der Waals surface area contributed by atoms with Crippen molar-refractivity contribution in [2.45, 2.75) is 57.3 Å². The number of imide groups is 1. The predicted molar refractivity (Wildman–Crippen MR) is 99.5 cm³/mol. The van der Waals surface area contributed by atoms with Crippen LogP contribution in [0.1, 0.15) is 53.6 Å². The number of piperidine rings is 1. The molecule has 3 aliphatic rings. The van der Waals surface area contributed by atoms with Gasteiger partial charge in [-0.1, -0.05) is 12.1 Å². The highest BCUT2D eigenvalue weighted by Crippen LogP contribution is 2.29. The quantitative estimate of drug-likeness (QED) is 0.504. The van der Waals surface area contributed by atoms with E-state index in [1.54, 1.807) is 4.90 Å². The molecule has 27 heavy (non-hydrogen) atoms. The number of hydrogen-bond donors (Lipinski definition) is 3. The third-order valence-corrected chi connectivity index (χ3v) is 5.92. The Balaban J connectivity index is 1.33. The van der Waals surface area contributed by atoms with E-state index in [1.807, 2.05) is 18.2 Å². The van der Waals surface area contributed by atoms with Crippen LogP contribution in [-0.2, 0) is 22.7 Å². The Labute approximate surface area is 158 Å². The fraction of sp³-hybridized carbons (Fsp3) is 0.550. The molecular formula is C20H26N4O3. The summed E-state index contributed by atoms with van der Waals surface area (Å²) in [6.45, 7) is 2.10. The van der Waals surface area contributed by atoms with Gasteiger partial charge < -0.3 is 16.0 Å². The number of amides is 3. The third-order valence-electron chi connectivity index (χ3n) is 5.92. The Morgan fingerprint density at radius 3 is 2.78 bits per heavy atom. The van der Waals surface area contributed by atoms with Crippen LogP contribution in [-0.4, -0.2) is 41.2 Å². The lowest BCUT2D eigenvalue weighted by Crippen LogP contribution is -2.52. The largest absolute Gasteiger partial charge is 0.328 e. The zero-order valence-electron chi connectivity index (χ0n) is 15.4. The Morgan fingerprint density at radius 2 is 2.04 bits per heavy atom. The fourth-order valence-electron chi connectivity index (χ4n) is 4.27. The van der Waals surface area contributed by atoms with Crippen LogP contribution in [0.4, 0.5) is 0 Å². The van der Waals surface area contributed by atoms with Crippen molar-refractivity contribution in [3.05, 3.63) is 34.9 Å². The molecule has 144 valence electrons. The molecule has 7 heteroatoms. The zero-order chi connectivity index (χ0) is 19.0. The molecule has 3 amide bonds. The molecule has 7 nitrogen and oxygen atoms in total. The highest BCUT2D eigenvalue weighted by Gasteiger charge is 2.39. The molecule has 1 unspecified atom stereocenters. The second kappa shape index (κ2) is 7.40. The SMILES string of the molecule is NC1CC(CCNCc2ccc3c(c2)C(=O)N(C2CCC(=O)NC2=O)C3)C1. The van der Waals surface area contributed by atoms with Gasteiger partial charge in [0.05, 0.1) is 0 Å². The molecule has 2 fully saturated rings. The molecule has 0 radical (unpaired) electrons. The highest BCUT2D eigenvalue weighted by molar-refractivity contribution is 6.05. The van der Waals surface area contributed by atoms with Crippen LogP contribution in [0.2, 0.25) is 0 Å². The minimum absolute atomic E-state index is 0.121. The lowest BCUT2D eigenvalue weighted by molar-refractivity contribution is -0.136. The van der Waals surface area contributed by atoms with Gasteiger partial charge in [0.2, 0.25) is 11.8 Å². The van der Waals surface area contributed by atoms with Crippen molar-refractivity contribution in [3.63, 3.8) is 0 Å². The van der Waals surface area contributed by atoms with Gasteiger partial charge >= 0.3 is 0 Å². The minimum Gasteiger partial charge on any atom is -0.328 e. The maximum Gasteiger partial charge on any atom is 0.255 e. The fourth-order valence-corrected chi connectivity index (χ4v) is 4.27. The molecule has 0 spiro atoms. The summed E-state index contributed by atoms with van der Waals surface area (Å²) in [5, 5.41) is 5.77. The Morgan fingerprint density at radius 1 is 1.22 bits per heavy atom. The van der Waals surface area contributed by atoms with Gasteiger partial charge in [-0.25, -0.2) is 0 Å². The van der Waals surface area contributed by atoms with Gasteiger partial charge in [0, 0.05) is 31.1 Å². The lowest BCUT2D eigenvalue weighted by Gasteiger charge is -2.32. The van der Waals surface area contributed by atoms with E-state index in [0.29, 0.717) is 24.6 Å². The maximum absolute atomic E-state index is 12.8. The second-order valence-electron chi connectivity index (χ2n) is 7.95. The first-order chi connectivity index (χ1) is 13.0. The average Bonchev–Trinajstić information content (AvgIpc) is 2.93. The number of carbonyl (C=O) groups excluding carboxylic acids is 3. The predicted octanol–water partition coefficient (Wildman–Crippen LogP) is 0.665. The van der Waals surface area contributed by atoms with Gasteiger partial charge in [-0.05, 0) is 55.3 Å². The van der Waals surface area contributed by atoms with Crippen LogP contribution in [0.25, 0.3) is 0 Å². The number of carbonyl (C=O) groups is 3. The van der Waals surface area contributed by atoms with Gasteiger partial charge in [-0.3, -0.25) is 19.7 Å². The van der Waals surface area contributed by atoms with Crippen LogP contribution >= 0.6 is 0 Å². The van der Waals surface area contributed by atoms with Crippen molar-refractivity contribution in [2.75, 3.05) is 6.54 Å².